The number of aromatic nitrogens is 2. The van der Waals surface area contributed by atoms with Gasteiger partial charge in [0.25, 0.3) is 5.69 Å². The Labute approximate surface area is 147 Å². The molecule has 0 aliphatic carbocycles. The van der Waals surface area contributed by atoms with E-state index in [4.69, 9.17) is 27.7 Å². The summed E-state index contributed by atoms with van der Waals surface area (Å²) in [4.78, 5) is 18.1. The van der Waals surface area contributed by atoms with Crippen LogP contribution in [-0.4, -0.2) is 28.2 Å². The Kier molecular flexibility index (Phi) is 7.36. The maximum absolute atomic E-state index is 10.9. The molecule has 1 N–H and O–H groups in total. The Hall–Kier alpha value is -1.26. The maximum Gasteiger partial charge on any atom is 0.273 e. The van der Waals surface area contributed by atoms with E-state index in [1.807, 2.05) is 13.3 Å². The van der Waals surface area contributed by atoms with Gasteiger partial charge in [-0.15, -0.1) is 0 Å². The standard InChI is InChI=1S/C12H11Cl2N4O3P.H3P/c1-22(2)21-10-5-7(18(19)20)3-4-9(10)16-11-8(13)6-15-12(14)17-11;/h3-6H,1-2H3,(H,15,16,17);1H3. The third-order valence-corrected chi connectivity index (χ3v) is 3.45. The lowest BCUT2D eigenvalue weighted by Crippen LogP contribution is -1.99. The zero-order chi connectivity index (χ0) is 16.3. The first-order valence-corrected chi connectivity index (χ1v) is 8.86. The molecule has 0 saturated carbocycles. The monoisotopic (exact) mass is 394 g/mol. The summed E-state index contributed by atoms with van der Waals surface area (Å²) in [6.45, 7) is 3.76. The van der Waals surface area contributed by atoms with Gasteiger partial charge in [-0.1, -0.05) is 11.6 Å². The van der Waals surface area contributed by atoms with Crippen LogP contribution < -0.4 is 9.84 Å². The SMILES string of the molecule is CP(C)Oc1cc([N+](=O)[O-])ccc1Nc1nc(Cl)ncc1Cl.P. The maximum atomic E-state index is 10.9. The molecule has 0 aliphatic rings. The van der Waals surface area contributed by atoms with Gasteiger partial charge in [0.05, 0.1) is 31.0 Å². The smallest absolute Gasteiger partial charge is 0.273 e. The largest absolute Gasteiger partial charge is 0.472 e. The zero-order valence-electron chi connectivity index (χ0n) is 12.3. The highest BCUT2D eigenvalue weighted by molar-refractivity contribution is 7.51. The number of nitro groups is 1. The molecule has 0 fully saturated rings. The normalized spacial score (nSPS) is 10.1. The lowest BCUT2D eigenvalue weighted by Gasteiger charge is -2.15. The lowest BCUT2D eigenvalue weighted by molar-refractivity contribution is -0.384. The molecule has 124 valence electrons. The number of rotatable bonds is 5. The number of nitrogens with zero attached hydrogens (tertiary/aromatic N) is 3. The fourth-order valence-corrected chi connectivity index (χ4v) is 2.38. The molecule has 1 aromatic heterocycles. The fraction of sp³-hybridized carbons (Fsp3) is 0.167. The van der Waals surface area contributed by atoms with Crippen LogP contribution in [0.2, 0.25) is 10.3 Å². The van der Waals surface area contributed by atoms with E-state index >= 15 is 0 Å². The first-order chi connectivity index (χ1) is 10.4. The van der Waals surface area contributed by atoms with Gasteiger partial charge in [-0.2, -0.15) is 14.9 Å². The highest BCUT2D eigenvalue weighted by Crippen LogP contribution is 2.39. The van der Waals surface area contributed by atoms with E-state index in [9.17, 15) is 10.1 Å². The molecule has 1 aromatic carbocycles. The molecule has 2 aromatic rings. The van der Waals surface area contributed by atoms with Crippen LogP contribution in [-0.2, 0) is 0 Å². The van der Waals surface area contributed by atoms with Gasteiger partial charge >= 0.3 is 0 Å². The van der Waals surface area contributed by atoms with Crippen LogP contribution >= 0.6 is 41.2 Å². The molecule has 0 spiro atoms. The molecular formula is C12H14Cl2N4O3P2. The molecule has 2 rings (SSSR count). The predicted octanol–water partition coefficient (Wildman–Crippen LogP) is 4.53. The topological polar surface area (TPSA) is 90.2 Å². The Morgan fingerprint density at radius 1 is 1.35 bits per heavy atom. The molecule has 1 atom stereocenters. The van der Waals surface area contributed by atoms with Crippen molar-refractivity contribution in [2.24, 2.45) is 0 Å². The van der Waals surface area contributed by atoms with Crippen molar-refractivity contribution in [3.05, 3.63) is 44.8 Å². The van der Waals surface area contributed by atoms with E-state index < -0.39 is 13.1 Å². The molecule has 0 saturated heterocycles. The van der Waals surface area contributed by atoms with Crippen molar-refractivity contribution in [2.45, 2.75) is 0 Å². The second kappa shape index (κ2) is 8.55. The van der Waals surface area contributed by atoms with Crippen LogP contribution in [0.3, 0.4) is 0 Å². The summed E-state index contributed by atoms with van der Waals surface area (Å²) in [5.74, 6) is 0.632. The number of hydrogen-bond acceptors (Lipinski definition) is 6. The summed E-state index contributed by atoms with van der Waals surface area (Å²) in [6, 6.07) is 4.24. The van der Waals surface area contributed by atoms with Crippen molar-refractivity contribution < 1.29 is 9.45 Å². The number of anilines is 2. The minimum Gasteiger partial charge on any atom is -0.472 e. The van der Waals surface area contributed by atoms with E-state index in [0.717, 1.165) is 0 Å². The first-order valence-electron chi connectivity index (χ1n) is 5.95. The summed E-state index contributed by atoms with van der Waals surface area (Å²) in [5, 5.41) is 14.1. The number of hydrogen-bond donors (Lipinski definition) is 1. The van der Waals surface area contributed by atoms with Crippen LogP contribution in [0.25, 0.3) is 0 Å². The van der Waals surface area contributed by atoms with Gasteiger partial charge in [0, 0.05) is 6.07 Å². The van der Waals surface area contributed by atoms with E-state index in [1.165, 1.54) is 24.4 Å². The van der Waals surface area contributed by atoms with E-state index in [1.54, 1.807) is 0 Å². The van der Waals surface area contributed by atoms with Gasteiger partial charge < -0.3 is 9.84 Å². The number of halogens is 2. The first kappa shape index (κ1) is 19.8. The van der Waals surface area contributed by atoms with Crippen LogP contribution in [0.4, 0.5) is 17.2 Å². The zero-order valence-corrected chi connectivity index (χ0v) is 16.1. The van der Waals surface area contributed by atoms with Crippen LogP contribution in [0.1, 0.15) is 0 Å². The minimum absolute atomic E-state index is 0. The lowest BCUT2D eigenvalue weighted by atomic mass is 10.2. The highest BCUT2D eigenvalue weighted by atomic mass is 35.5. The summed E-state index contributed by atoms with van der Waals surface area (Å²) in [7, 11) is -0.768. The van der Waals surface area contributed by atoms with Crippen LogP contribution in [0.5, 0.6) is 5.75 Å². The Morgan fingerprint density at radius 3 is 2.65 bits per heavy atom. The van der Waals surface area contributed by atoms with Crippen molar-refractivity contribution in [3.8, 4) is 5.75 Å². The molecular weight excluding hydrogens is 381 g/mol. The molecule has 23 heavy (non-hydrogen) atoms. The number of nitrogens with one attached hydrogen (secondary N) is 1. The summed E-state index contributed by atoms with van der Waals surface area (Å²) < 4.78 is 5.66. The average molecular weight is 395 g/mol. The van der Waals surface area contributed by atoms with Gasteiger partial charge in [0.1, 0.15) is 5.02 Å². The third kappa shape index (κ3) is 5.40. The fourth-order valence-electron chi connectivity index (χ4n) is 1.56. The van der Waals surface area contributed by atoms with Gasteiger partial charge in [-0.3, -0.25) is 10.1 Å². The number of non-ortho nitro benzene ring substituents is 1. The van der Waals surface area contributed by atoms with Crippen molar-refractivity contribution in [3.63, 3.8) is 0 Å². The van der Waals surface area contributed by atoms with Gasteiger partial charge in [0.15, 0.2) is 11.6 Å². The van der Waals surface area contributed by atoms with Crippen LogP contribution in [0.15, 0.2) is 24.4 Å². The van der Waals surface area contributed by atoms with E-state index in [-0.39, 0.29) is 31.7 Å². The average Bonchev–Trinajstić information content (AvgIpc) is 2.44. The Morgan fingerprint density at radius 2 is 2.04 bits per heavy atom. The van der Waals surface area contributed by atoms with E-state index in [2.05, 4.69) is 15.3 Å². The van der Waals surface area contributed by atoms with Gasteiger partial charge in [-0.05, 0) is 31.0 Å². The summed E-state index contributed by atoms with van der Waals surface area (Å²) in [6.07, 6.45) is 1.36. The Bertz CT molecular complexity index is 719. The molecule has 0 amide bonds. The quantitative estimate of drug-likeness (QED) is 0.346. The molecule has 7 nitrogen and oxygen atoms in total. The third-order valence-electron chi connectivity index (χ3n) is 2.42. The van der Waals surface area contributed by atoms with E-state index in [0.29, 0.717) is 11.4 Å². The van der Waals surface area contributed by atoms with Crippen molar-refractivity contribution in [2.75, 3.05) is 18.6 Å². The van der Waals surface area contributed by atoms with Gasteiger partial charge in [0.2, 0.25) is 5.28 Å². The number of nitro benzene ring substituents is 1. The van der Waals surface area contributed by atoms with Crippen molar-refractivity contribution in [1.82, 2.24) is 9.97 Å². The second-order valence-electron chi connectivity index (χ2n) is 4.30. The molecule has 0 bridgehead atoms. The second-order valence-corrected chi connectivity index (χ2v) is 6.85. The van der Waals surface area contributed by atoms with Crippen LogP contribution in [0, 0.1) is 10.1 Å². The predicted molar refractivity (Wildman–Crippen MR) is 98.9 cm³/mol. The molecule has 1 heterocycles. The number of benzene rings is 1. The Balaban J connectivity index is 0.00000264. The summed E-state index contributed by atoms with van der Waals surface area (Å²) in [5.41, 5.74) is 0.433. The molecule has 1 unspecified atom stereocenters. The molecule has 11 heteroatoms. The van der Waals surface area contributed by atoms with Gasteiger partial charge in [-0.25, -0.2) is 4.98 Å². The highest BCUT2D eigenvalue weighted by Gasteiger charge is 2.15. The minimum atomic E-state index is -0.768. The van der Waals surface area contributed by atoms with Crippen molar-refractivity contribution >= 4 is 58.4 Å². The molecule has 0 radical (unpaired) electrons. The van der Waals surface area contributed by atoms with Crippen molar-refractivity contribution in [1.29, 1.82) is 0 Å². The summed E-state index contributed by atoms with van der Waals surface area (Å²) >= 11 is 11.7. The molecule has 0 aliphatic heterocycles.